The first-order valence-electron chi connectivity index (χ1n) is 5.77. The molecule has 6 nitrogen and oxygen atoms in total. The van der Waals surface area contributed by atoms with Crippen LogP contribution < -0.4 is 0 Å². The zero-order valence-corrected chi connectivity index (χ0v) is 11.4. The van der Waals surface area contributed by atoms with Crippen molar-refractivity contribution >= 4 is 17.8 Å². The minimum Gasteiger partial charge on any atom is -0.467 e. The van der Waals surface area contributed by atoms with E-state index in [0.29, 0.717) is 0 Å². The molecular weight excluding hydrogens is 238 g/mol. The van der Waals surface area contributed by atoms with Crippen molar-refractivity contribution in [1.29, 1.82) is 0 Å². The SMILES string of the molecule is COC(=O)C1C(C)C(=O)CN1C(=O)OC(C)(C)C. The van der Waals surface area contributed by atoms with Gasteiger partial charge in [0.15, 0.2) is 5.78 Å². The van der Waals surface area contributed by atoms with Crippen LogP contribution in [0, 0.1) is 5.92 Å². The number of amides is 1. The highest BCUT2D eigenvalue weighted by Gasteiger charge is 2.46. The predicted octanol–water partition coefficient (Wildman–Crippen LogP) is 0.984. The number of nitrogens with zero attached hydrogens (tertiary/aromatic N) is 1. The van der Waals surface area contributed by atoms with Gasteiger partial charge in [0.05, 0.1) is 13.7 Å². The quantitative estimate of drug-likeness (QED) is 0.655. The molecule has 1 saturated heterocycles. The molecule has 6 heteroatoms. The summed E-state index contributed by atoms with van der Waals surface area (Å²) in [4.78, 5) is 36.3. The molecule has 2 unspecified atom stereocenters. The van der Waals surface area contributed by atoms with Gasteiger partial charge >= 0.3 is 12.1 Å². The lowest BCUT2D eigenvalue weighted by atomic mass is 10.0. The number of hydrogen-bond donors (Lipinski definition) is 0. The molecule has 2 atom stereocenters. The Bertz CT molecular complexity index is 371. The Kier molecular flexibility index (Phi) is 3.98. The number of ketones is 1. The Morgan fingerprint density at radius 2 is 1.89 bits per heavy atom. The minimum atomic E-state index is -0.891. The summed E-state index contributed by atoms with van der Waals surface area (Å²) in [6.07, 6.45) is -0.671. The summed E-state index contributed by atoms with van der Waals surface area (Å²) in [7, 11) is 1.23. The van der Waals surface area contributed by atoms with E-state index in [2.05, 4.69) is 4.74 Å². The molecule has 0 aromatic rings. The van der Waals surface area contributed by atoms with Gasteiger partial charge in [-0.3, -0.25) is 9.69 Å². The van der Waals surface area contributed by atoms with Crippen LogP contribution in [0.15, 0.2) is 0 Å². The molecule has 0 aromatic heterocycles. The van der Waals surface area contributed by atoms with Gasteiger partial charge in [-0.25, -0.2) is 9.59 Å². The van der Waals surface area contributed by atoms with E-state index in [1.807, 2.05) is 0 Å². The minimum absolute atomic E-state index is 0.115. The maximum absolute atomic E-state index is 11.9. The lowest BCUT2D eigenvalue weighted by molar-refractivity contribution is -0.147. The van der Waals surface area contributed by atoms with Crippen LogP contribution in [0.4, 0.5) is 4.79 Å². The summed E-state index contributed by atoms with van der Waals surface area (Å²) in [6, 6.07) is -0.891. The van der Waals surface area contributed by atoms with Crippen molar-refractivity contribution in [2.45, 2.75) is 39.3 Å². The average molecular weight is 257 g/mol. The zero-order chi connectivity index (χ0) is 14.1. The first-order chi connectivity index (χ1) is 8.17. The fourth-order valence-electron chi connectivity index (χ4n) is 1.81. The van der Waals surface area contributed by atoms with Crippen LogP contribution in [0.2, 0.25) is 0 Å². The van der Waals surface area contributed by atoms with Crippen molar-refractivity contribution < 1.29 is 23.9 Å². The molecule has 0 bridgehead atoms. The molecule has 0 aliphatic carbocycles. The topological polar surface area (TPSA) is 72.9 Å². The van der Waals surface area contributed by atoms with Gasteiger partial charge in [-0.05, 0) is 20.8 Å². The number of carbonyl (C=O) groups is 3. The number of likely N-dealkylation sites (tertiary alicyclic amines) is 1. The van der Waals surface area contributed by atoms with Gasteiger partial charge in [-0.15, -0.1) is 0 Å². The van der Waals surface area contributed by atoms with Gasteiger partial charge in [0.25, 0.3) is 0 Å². The highest BCUT2D eigenvalue weighted by Crippen LogP contribution is 2.24. The molecule has 102 valence electrons. The highest BCUT2D eigenvalue weighted by atomic mass is 16.6. The molecule has 0 N–H and O–H groups in total. The molecule has 0 radical (unpaired) electrons. The van der Waals surface area contributed by atoms with E-state index >= 15 is 0 Å². The fourth-order valence-corrected chi connectivity index (χ4v) is 1.81. The maximum atomic E-state index is 11.9. The van der Waals surface area contributed by atoms with Gasteiger partial charge in [-0.1, -0.05) is 6.92 Å². The first kappa shape index (κ1) is 14.5. The Morgan fingerprint density at radius 1 is 1.33 bits per heavy atom. The normalized spacial score (nSPS) is 24.1. The van der Waals surface area contributed by atoms with E-state index in [1.165, 1.54) is 7.11 Å². The van der Waals surface area contributed by atoms with Gasteiger partial charge in [0.2, 0.25) is 0 Å². The van der Waals surface area contributed by atoms with Crippen LogP contribution in [-0.4, -0.2) is 48.0 Å². The van der Waals surface area contributed by atoms with Crippen molar-refractivity contribution in [3.8, 4) is 0 Å². The van der Waals surface area contributed by atoms with Crippen LogP contribution in [0.5, 0.6) is 0 Å². The Balaban J connectivity index is 2.89. The van der Waals surface area contributed by atoms with Crippen LogP contribution in [-0.2, 0) is 19.1 Å². The maximum Gasteiger partial charge on any atom is 0.411 e. The van der Waals surface area contributed by atoms with Gasteiger partial charge in [-0.2, -0.15) is 0 Å². The van der Waals surface area contributed by atoms with Crippen LogP contribution >= 0.6 is 0 Å². The summed E-state index contributed by atoms with van der Waals surface area (Å²) < 4.78 is 9.79. The number of methoxy groups -OCH3 is 1. The molecule has 18 heavy (non-hydrogen) atoms. The molecule has 1 heterocycles. The van der Waals surface area contributed by atoms with Crippen molar-refractivity contribution in [1.82, 2.24) is 4.90 Å². The van der Waals surface area contributed by atoms with Crippen LogP contribution in [0.1, 0.15) is 27.7 Å². The molecule has 1 amide bonds. The lowest BCUT2D eigenvalue weighted by Crippen LogP contribution is -2.45. The molecule has 0 aromatic carbocycles. The molecule has 1 fully saturated rings. The Hall–Kier alpha value is -1.59. The van der Waals surface area contributed by atoms with Gasteiger partial charge in [0.1, 0.15) is 11.6 Å². The van der Waals surface area contributed by atoms with E-state index in [-0.39, 0.29) is 12.3 Å². The van der Waals surface area contributed by atoms with E-state index < -0.39 is 29.6 Å². The molecular formula is C12H19NO5. The smallest absolute Gasteiger partial charge is 0.411 e. The standard InChI is InChI=1S/C12H19NO5/c1-7-8(14)6-13(9(7)10(15)17-5)11(16)18-12(2,3)4/h7,9H,6H2,1-5H3. The number of carbonyl (C=O) groups excluding carboxylic acids is 3. The number of Topliss-reactive ketones (excluding diaryl/α,β-unsaturated/α-hetero) is 1. The summed E-state index contributed by atoms with van der Waals surface area (Å²) in [5.74, 6) is -1.33. The second-order valence-electron chi connectivity index (χ2n) is 5.33. The summed E-state index contributed by atoms with van der Waals surface area (Å²) in [5.41, 5.74) is -0.674. The highest BCUT2D eigenvalue weighted by molar-refractivity contribution is 5.97. The predicted molar refractivity (Wildman–Crippen MR) is 62.9 cm³/mol. The Morgan fingerprint density at radius 3 is 2.33 bits per heavy atom. The molecule has 1 aliphatic heterocycles. The largest absolute Gasteiger partial charge is 0.467 e. The van der Waals surface area contributed by atoms with E-state index in [9.17, 15) is 14.4 Å². The fraction of sp³-hybridized carbons (Fsp3) is 0.750. The summed E-state index contributed by atoms with van der Waals surface area (Å²) in [6.45, 7) is 6.66. The first-order valence-corrected chi connectivity index (χ1v) is 5.77. The Labute approximate surface area is 106 Å². The second-order valence-corrected chi connectivity index (χ2v) is 5.33. The third-order valence-electron chi connectivity index (χ3n) is 2.71. The van der Waals surface area contributed by atoms with Crippen molar-refractivity contribution in [3.05, 3.63) is 0 Å². The van der Waals surface area contributed by atoms with E-state index in [0.717, 1.165) is 4.90 Å². The number of ether oxygens (including phenoxy) is 2. The van der Waals surface area contributed by atoms with Crippen molar-refractivity contribution in [2.24, 2.45) is 5.92 Å². The van der Waals surface area contributed by atoms with Gasteiger partial charge < -0.3 is 9.47 Å². The molecule has 1 rings (SSSR count). The monoisotopic (exact) mass is 257 g/mol. The van der Waals surface area contributed by atoms with E-state index in [1.54, 1.807) is 27.7 Å². The van der Waals surface area contributed by atoms with Crippen LogP contribution in [0.3, 0.4) is 0 Å². The third-order valence-corrected chi connectivity index (χ3v) is 2.71. The summed E-state index contributed by atoms with van der Waals surface area (Å²) in [5, 5.41) is 0. The van der Waals surface area contributed by atoms with Gasteiger partial charge in [0, 0.05) is 5.92 Å². The molecule has 0 spiro atoms. The number of esters is 1. The van der Waals surface area contributed by atoms with Crippen molar-refractivity contribution in [2.75, 3.05) is 13.7 Å². The lowest BCUT2D eigenvalue weighted by Gasteiger charge is -2.27. The number of hydrogen-bond acceptors (Lipinski definition) is 5. The molecule has 1 aliphatic rings. The third kappa shape index (κ3) is 3.00. The average Bonchev–Trinajstić information content (AvgIpc) is 2.52. The number of rotatable bonds is 1. The molecule has 0 saturated carbocycles. The van der Waals surface area contributed by atoms with Crippen LogP contribution in [0.25, 0.3) is 0 Å². The second kappa shape index (κ2) is 4.96. The van der Waals surface area contributed by atoms with Crippen molar-refractivity contribution in [3.63, 3.8) is 0 Å². The zero-order valence-electron chi connectivity index (χ0n) is 11.4. The van der Waals surface area contributed by atoms with E-state index in [4.69, 9.17) is 4.74 Å². The summed E-state index contributed by atoms with van der Waals surface area (Å²) >= 11 is 0.